The standard InChI is InChI=1S/C12H20N2O4/c1-8-4-6-14(10(8)11(16)17)12(18)13-5-2-3-9(13)7-15/h8-10,15H,2-7H2,1H3,(H,16,17). The maximum Gasteiger partial charge on any atom is 0.326 e. The van der Waals surface area contributed by atoms with Gasteiger partial charge in [-0.25, -0.2) is 9.59 Å². The van der Waals surface area contributed by atoms with Crippen LogP contribution in [0.2, 0.25) is 0 Å². The topological polar surface area (TPSA) is 81.1 Å². The molecule has 2 saturated heterocycles. The van der Waals surface area contributed by atoms with Crippen molar-refractivity contribution in [3.05, 3.63) is 0 Å². The van der Waals surface area contributed by atoms with Gasteiger partial charge in [-0.15, -0.1) is 0 Å². The fraction of sp³-hybridized carbons (Fsp3) is 0.833. The van der Waals surface area contributed by atoms with Gasteiger partial charge in [-0.1, -0.05) is 6.92 Å². The number of carbonyl (C=O) groups is 2. The average molecular weight is 256 g/mol. The Bertz CT molecular complexity index is 347. The Kier molecular flexibility index (Phi) is 3.75. The Hall–Kier alpha value is -1.30. The Morgan fingerprint density at radius 2 is 1.94 bits per heavy atom. The Balaban J connectivity index is 2.11. The van der Waals surface area contributed by atoms with E-state index in [-0.39, 0.29) is 24.6 Å². The van der Waals surface area contributed by atoms with Gasteiger partial charge in [0.25, 0.3) is 0 Å². The molecule has 2 aliphatic heterocycles. The molecular weight excluding hydrogens is 236 g/mol. The smallest absolute Gasteiger partial charge is 0.326 e. The lowest BCUT2D eigenvalue weighted by molar-refractivity contribution is -0.142. The molecule has 2 fully saturated rings. The van der Waals surface area contributed by atoms with Crippen LogP contribution in [0, 0.1) is 5.92 Å². The lowest BCUT2D eigenvalue weighted by Gasteiger charge is -2.31. The molecule has 6 heteroatoms. The highest BCUT2D eigenvalue weighted by Gasteiger charge is 2.42. The van der Waals surface area contributed by atoms with Crippen LogP contribution in [0.3, 0.4) is 0 Å². The lowest BCUT2D eigenvalue weighted by Crippen LogP contribution is -2.51. The molecule has 6 nitrogen and oxygen atoms in total. The van der Waals surface area contributed by atoms with Gasteiger partial charge in [-0.3, -0.25) is 0 Å². The first kappa shape index (κ1) is 13.1. The molecule has 0 saturated carbocycles. The molecule has 3 unspecified atom stereocenters. The van der Waals surface area contributed by atoms with E-state index in [2.05, 4.69) is 0 Å². The molecule has 2 N–H and O–H groups in total. The third-order valence-corrected chi connectivity index (χ3v) is 4.03. The summed E-state index contributed by atoms with van der Waals surface area (Å²) >= 11 is 0. The fourth-order valence-corrected chi connectivity index (χ4v) is 2.98. The number of hydrogen-bond acceptors (Lipinski definition) is 3. The summed E-state index contributed by atoms with van der Waals surface area (Å²) in [5.74, 6) is -0.949. The average Bonchev–Trinajstić information content (AvgIpc) is 2.93. The molecule has 0 aliphatic carbocycles. The monoisotopic (exact) mass is 256 g/mol. The number of carboxylic acids is 1. The van der Waals surface area contributed by atoms with E-state index in [9.17, 15) is 19.8 Å². The quantitative estimate of drug-likeness (QED) is 0.747. The SMILES string of the molecule is CC1CCN(C(=O)N2CCCC2CO)C1C(=O)O. The van der Waals surface area contributed by atoms with Crippen molar-refractivity contribution in [1.29, 1.82) is 0 Å². The number of carbonyl (C=O) groups excluding carboxylic acids is 1. The van der Waals surface area contributed by atoms with E-state index in [1.807, 2.05) is 6.92 Å². The highest BCUT2D eigenvalue weighted by Crippen LogP contribution is 2.27. The predicted octanol–water partition coefficient (Wildman–Crippen LogP) is 0.358. The number of aliphatic carboxylic acids is 1. The number of carboxylic acid groups (broad SMARTS) is 1. The molecule has 0 aromatic rings. The zero-order chi connectivity index (χ0) is 13.3. The van der Waals surface area contributed by atoms with Crippen LogP contribution >= 0.6 is 0 Å². The third kappa shape index (κ3) is 2.16. The van der Waals surface area contributed by atoms with Crippen LogP contribution in [0.25, 0.3) is 0 Å². The summed E-state index contributed by atoms with van der Waals surface area (Å²) in [6.45, 7) is 2.92. The molecule has 18 heavy (non-hydrogen) atoms. The van der Waals surface area contributed by atoms with Gasteiger partial charge in [-0.05, 0) is 25.2 Å². The van der Waals surface area contributed by atoms with Gasteiger partial charge in [-0.2, -0.15) is 0 Å². The van der Waals surface area contributed by atoms with Gasteiger partial charge in [0.1, 0.15) is 6.04 Å². The highest BCUT2D eigenvalue weighted by atomic mass is 16.4. The van der Waals surface area contributed by atoms with Gasteiger partial charge in [0.15, 0.2) is 0 Å². The third-order valence-electron chi connectivity index (χ3n) is 4.03. The Morgan fingerprint density at radius 1 is 1.22 bits per heavy atom. The minimum absolute atomic E-state index is 0.0124. The zero-order valence-electron chi connectivity index (χ0n) is 10.6. The van der Waals surface area contributed by atoms with Crippen LogP contribution in [0.1, 0.15) is 26.2 Å². The second-order valence-electron chi connectivity index (χ2n) is 5.20. The lowest BCUT2D eigenvalue weighted by atomic mass is 10.0. The molecule has 0 aromatic carbocycles. The number of urea groups is 1. The molecule has 0 aromatic heterocycles. The van der Waals surface area contributed by atoms with Crippen LogP contribution in [0.5, 0.6) is 0 Å². The second-order valence-corrected chi connectivity index (χ2v) is 5.20. The van der Waals surface area contributed by atoms with Gasteiger partial charge in [0, 0.05) is 13.1 Å². The molecular formula is C12H20N2O4. The van der Waals surface area contributed by atoms with Crippen molar-refractivity contribution < 1.29 is 19.8 Å². The number of aliphatic hydroxyl groups excluding tert-OH is 1. The molecule has 2 amide bonds. The van der Waals surface area contributed by atoms with Gasteiger partial charge in [0.2, 0.25) is 0 Å². The summed E-state index contributed by atoms with van der Waals surface area (Å²) < 4.78 is 0. The molecule has 0 radical (unpaired) electrons. The van der Waals surface area contributed by atoms with E-state index in [4.69, 9.17) is 0 Å². The van der Waals surface area contributed by atoms with E-state index < -0.39 is 12.0 Å². The van der Waals surface area contributed by atoms with Crippen LogP contribution < -0.4 is 0 Å². The first-order chi connectivity index (χ1) is 8.56. The summed E-state index contributed by atoms with van der Waals surface area (Å²) in [7, 11) is 0. The first-order valence-electron chi connectivity index (χ1n) is 6.47. The van der Waals surface area contributed by atoms with E-state index in [0.29, 0.717) is 13.1 Å². The van der Waals surface area contributed by atoms with E-state index in [1.54, 1.807) is 4.90 Å². The summed E-state index contributed by atoms with van der Waals surface area (Å²) in [6.07, 6.45) is 2.39. The molecule has 2 heterocycles. The summed E-state index contributed by atoms with van der Waals surface area (Å²) in [5.41, 5.74) is 0. The number of nitrogens with zero attached hydrogens (tertiary/aromatic N) is 2. The fourth-order valence-electron chi connectivity index (χ4n) is 2.98. The number of amides is 2. The normalized spacial score (nSPS) is 32.0. The van der Waals surface area contributed by atoms with Crippen LogP contribution in [0.4, 0.5) is 4.79 Å². The van der Waals surface area contributed by atoms with Crippen molar-refractivity contribution in [3.63, 3.8) is 0 Å². The predicted molar refractivity (Wildman–Crippen MR) is 64.1 cm³/mol. The van der Waals surface area contributed by atoms with Crippen molar-refractivity contribution >= 4 is 12.0 Å². The Morgan fingerprint density at radius 3 is 2.56 bits per heavy atom. The van der Waals surface area contributed by atoms with E-state index >= 15 is 0 Å². The van der Waals surface area contributed by atoms with Gasteiger partial charge in [0.05, 0.1) is 12.6 Å². The second kappa shape index (κ2) is 5.14. The minimum atomic E-state index is -0.937. The number of hydrogen-bond donors (Lipinski definition) is 2. The molecule has 2 aliphatic rings. The Labute approximate surface area is 106 Å². The number of rotatable bonds is 2. The highest BCUT2D eigenvalue weighted by molar-refractivity contribution is 5.84. The largest absolute Gasteiger partial charge is 0.480 e. The molecule has 2 rings (SSSR count). The molecule has 3 atom stereocenters. The summed E-state index contributed by atoms with van der Waals surface area (Å²) in [5, 5.41) is 18.4. The summed E-state index contributed by atoms with van der Waals surface area (Å²) in [6, 6.07) is -1.11. The van der Waals surface area contributed by atoms with Crippen LogP contribution in [-0.4, -0.2) is 63.8 Å². The van der Waals surface area contributed by atoms with Crippen molar-refractivity contribution in [1.82, 2.24) is 9.80 Å². The van der Waals surface area contributed by atoms with E-state index in [1.165, 1.54) is 4.90 Å². The first-order valence-corrected chi connectivity index (χ1v) is 6.47. The van der Waals surface area contributed by atoms with Gasteiger partial charge >= 0.3 is 12.0 Å². The zero-order valence-corrected chi connectivity index (χ0v) is 10.6. The molecule has 0 bridgehead atoms. The maximum atomic E-state index is 12.4. The number of aliphatic hydroxyl groups is 1. The van der Waals surface area contributed by atoms with Crippen molar-refractivity contribution in [2.45, 2.75) is 38.3 Å². The van der Waals surface area contributed by atoms with Crippen LogP contribution in [0.15, 0.2) is 0 Å². The van der Waals surface area contributed by atoms with Crippen molar-refractivity contribution in [3.8, 4) is 0 Å². The van der Waals surface area contributed by atoms with Crippen LogP contribution in [-0.2, 0) is 4.79 Å². The molecule has 102 valence electrons. The molecule has 0 spiro atoms. The minimum Gasteiger partial charge on any atom is -0.480 e. The van der Waals surface area contributed by atoms with E-state index in [0.717, 1.165) is 19.3 Å². The van der Waals surface area contributed by atoms with Gasteiger partial charge < -0.3 is 20.0 Å². The maximum absolute atomic E-state index is 12.4. The van der Waals surface area contributed by atoms with Crippen molar-refractivity contribution in [2.75, 3.05) is 19.7 Å². The number of likely N-dealkylation sites (tertiary alicyclic amines) is 2. The van der Waals surface area contributed by atoms with Crippen molar-refractivity contribution in [2.24, 2.45) is 5.92 Å². The summed E-state index contributed by atoms with van der Waals surface area (Å²) in [4.78, 5) is 26.7.